The Morgan fingerprint density at radius 1 is 1.44 bits per heavy atom. The lowest BCUT2D eigenvalue weighted by atomic mass is 10.1. The number of halogens is 1. The highest BCUT2D eigenvalue weighted by Crippen LogP contribution is 2.22. The van der Waals surface area contributed by atoms with Gasteiger partial charge in [-0.1, -0.05) is 11.6 Å². The number of nitrogens with one attached hydrogen (secondary N) is 1. The summed E-state index contributed by atoms with van der Waals surface area (Å²) >= 11 is 6.32. The maximum Gasteiger partial charge on any atom is 0.131 e. The first kappa shape index (κ1) is 13.8. The van der Waals surface area contributed by atoms with Crippen LogP contribution in [0, 0.1) is 6.92 Å². The zero-order valence-corrected chi connectivity index (χ0v) is 12.5. The monoisotopic (exact) mass is 270 g/mol. The summed E-state index contributed by atoms with van der Waals surface area (Å²) in [4.78, 5) is 2.50. The van der Waals surface area contributed by atoms with Gasteiger partial charge in [0.2, 0.25) is 0 Å². The van der Waals surface area contributed by atoms with Crippen LogP contribution in [0.5, 0.6) is 0 Å². The molecule has 1 aromatic rings. The van der Waals surface area contributed by atoms with Gasteiger partial charge in [0.15, 0.2) is 0 Å². The van der Waals surface area contributed by atoms with Gasteiger partial charge in [-0.15, -0.1) is 0 Å². The number of hydrogen-bond acceptors (Lipinski definition) is 3. The quantitative estimate of drug-likeness (QED) is 0.892. The Morgan fingerprint density at radius 2 is 2.17 bits per heavy atom. The molecular formula is C13H23ClN4. The highest BCUT2D eigenvalue weighted by Gasteiger charge is 2.23. The maximum atomic E-state index is 6.32. The van der Waals surface area contributed by atoms with Crippen LogP contribution in [0.3, 0.4) is 0 Å². The van der Waals surface area contributed by atoms with E-state index >= 15 is 0 Å². The van der Waals surface area contributed by atoms with Crippen molar-refractivity contribution in [3.8, 4) is 0 Å². The molecule has 0 saturated carbocycles. The van der Waals surface area contributed by atoms with Crippen molar-refractivity contribution >= 4 is 11.6 Å². The van der Waals surface area contributed by atoms with E-state index in [4.69, 9.17) is 11.6 Å². The van der Waals surface area contributed by atoms with Gasteiger partial charge in [0, 0.05) is 37.8 Å². The van der Waals surface area contributed by atoms with Crippen molar-refractivity contribution in [3.05, 3.63) is 16.4 Å². The SMILES string of the molecule is Cc1nn(C)c(Cl)c1CN1CC(C)NCCC1C. The molecule has 1 N–H and O–H groups in total. The van der Waals surface area contributed by atoms with Crippen LogP contribution in [0.15, 0.2) is 0 Å². The molecule has 1 aliphatic rings. The molecule has 102 valence electrons. The van der Waals surface area contributed by atoms with Gasteiger partial charge in [0.1, 0.15) is 5.15 Å². The van der Waals surface area contributed by atoms with E-state index in [9.17, 15) is 0 Å². The van der Waals surface area contributed by atoms with E-state index in [1.807, 2.05) is 14.0 Å². The molecule has 0 aromatic carbocycles. The second kappa shape index (κ2) is 5.59. The van der Waals surface area contributed by atoms with Crippen molar-refractivity contribution in [2.45, 2.75) is 45.8 Å². The Labute approximate surface area is 114 Å². The van der Waals surface area contributed by atoms with Gasteiger partial charge in [-0.05, 0) is 33.7 Å². The molecule has 2 rings (SSSR count). The summed E-state index contributed by atoms with van der Waals surface area (Å²) in [7, 11) is 1.90. The second-order valence-corrected chi connectivity index (χ2v) is 5.76. The number of hydrogen-bond donors (Lipinski definition) is 1. The van der Waals surface area contributed by atoms with Gasteiger partial charge in [0.05, 0.1) is 5.69 Å². The Hall–Kier alpha value is -0.580. The molecule has 1 aliphatic heterocycles. The first-order valence-corrected chi connectivity index (χ1v) is 7.02. The smallest absolute Gasteiger partial charge is 0.131 e. The molecule has 1 aromatic heterocycles. The lowest BCUT2D eigenvalue weighted by molar-refractivity contribution is 0.198. The predicted octanol–water partition coefficient (Wildman–Crippen LogP) is 1.95. The van der Waals surface area contributed by atoms with Crippen molar-refractivity contribution in [1.29, 1.82) is 0 Å². The minimum absolute atomic E-state index is 0.533. The Kier molecular flexibility index (Phi) is 4.30. The van der Waals surface area contributed by atoms with Gasteiger partial charge in [-0.25, -0.2) is 0 Å². The zero-order valence-electron chi connectivity index (χ0n) is 11.7. The molecule has 2 unspecified atom stereocenters. The number of rotatable bonds is 2. The van der Waals surface area contributed by atoms with E-state index in [-0.39, 0.29) is 0 Å². The molecule has 1 saturated heterocycles. The standard InChI is InChI=1S/C13H23ClN4/c1-9-7-18(10(2)5-6-15-9)8-12-11(3)16-17(4)13(12)14/h9-10,15H,5-8H2,1-4H3. The molecule has 0 spiro atoms. The Bertz CT molecular complexity index is 415. The summed E-state index contributed by atoms with van der Waals surface area (Å²) in [6.45, 7) is 9.61. The molecule has 1 fully saturated rings. The van der Waals surface area contributed by atoms with E-state index in [0.29, 0.717) is 12.1 Å². The fraction of sp³-hybridized carbons (Fsp3) is 0.769. The Morgan fingerprint density at radius 3 is 2.78 bits per heavy atom. The summed E-state index contributed by atoms with van der Waals surface area (Å²) in [5.41, 5.74) is 2.21. The lowest BCUT2D eigenvalue weighted by Crippen LogP contribution is -2.38. The van der Waals surface area contributed by atoms with Crippen molar-refractivity contribution < 1.29 is 0 Å². The summed E-state index contributed by atoms with van der Waals surface area (Å²) < 4.78 is 1.76. The number of aromatic nitrogens is 2. The van der Waals surface area contributed by atoms with Crippen LogP contribution >= 0.6 is 11.6 Å². The molecule has 0 amide bonds. The van der Waals surface area contributed by atoms with Crippen molar-refractivity contribution in [2.24, 2.45) is 7.05 Å². The van der Waals surface area contributed by atoms with Gasteiger partial charge in [-0.3, -0.25) is 9.58 Å². The molecule has 2 heterocycles. The first-order valence-electron chi connectivity index (χ1n) is 6.64. The van der Waals surface area contributed by atoms with Gasteiger partial charge < -0.3 is 5.32 Å². The molecule has 0 aliphatic carbocycles. The predicted molar refractivity (Wildman–Crippen MR) is 74.9 cm³/mol. The van der Waals surface area contributed by atoms with Crippen LogP contribution in [0.25, 0.3) is 0 Å². The first-order chi connectivity index (χ1) is 8.49. The third kappa shape index (κ3) is 2.87. The highest BCUT2D eigenvalue weighted by molar-refractivity contribution is 6.30. The van der Waals surface area contributed by atoms with Gasteiger partial charge in [0.25, 0.3) is 0 Å². The number of nitrogens with zero attached hydrogens (tertiary/aromatic N) is 3. The summed E-state index contributed by atoms with van der Waals surface area (Å²) in [6.07, 6.45) is 1.18. The van der Waals surface area contributed by atoms with Crippen molar-refractivity contribution in [2.75, 3.05) is 13.1 Å². The van der Waals surface area contributed by atoms with E-state index in [1.165, 1.54) is 12.0 Å². The Balaban J connectivity index is 2.15. The molecule has 5 heteroatoms. The van der Waals surface area contributed by atoms with Crippen LogP contribution in [0.1, 0.15) is 31.5 Å². The fourth-order valence-electron chi connectivity index (χ4n) is 2.59. The number of aryl methyl sites for hydroxylation is 2. The van der Waals surface area contributed by atoms with Crippen LogP contribution in [0.2, 0.25) is 5.15 Å². The molecule has 4 nitrogen and oxygen atoms in total. The average molecular weight is 271 g/mol. The minimum Gasteiger partial charge on any atom is -0.313 e. The third-order valence-corrected chi connectivity index (χ3v) is 4.29. The zero-order chi connectivity index (χ0) is 13.3. The highest BCUT2D eigenvalue weighted by atomic mass is 35.5. The van der Waals surface area contributed by atoms with Crippen LogP contribution in [-0.2, 0) is 13.6 Å². The van der Waals surface area contributed by atoms with E-state index in [2.05, 4.69) is 29.2 Å². The summed E-state index contributed by atoms with van der Waals surface area (Å²) in [5, 5.41) is 8.68. The van der Waals surface area contributed by atoms with E-state index in [0.717, 1.165) is 30.5 Å². The van der Waals surface area contributed by atoms with Crippen LogP contribution in [-0.4, -0.2) is 39.9 Å². The van der Waals surface area contributed by atoms with Crippen molar-refractivity contribution in [3.63, 3.8) is 0 Å². The molecule has 0 radical (unpaired) electrons. The average Bonchev–Trinajstić information content (AvgIpc) is 2.47. The molecule has 0 bridgehead atoms. The topological polar surface area (TPSA) is 33.1 Å². The van der Waals surface area contributed by atoms with E-state index < -0.39 is 0 Å². The van der Waals surface area contributed by atoms with Gasteiger partial charge >= 0.3 is 0 Å². The van der Waals surface area contributed by atoms with Gasteiger partial charge in [-0.2, -0.15) is 5.10 Å². The fourth-order valence-corrected chi connectivity index (χ4v) is 2.83. The molecular weight excluding hydrogens is 248 g/mol. The molecule has 2 atom stereocenters. The largest absolute Gasteiger partial charge is 0.313 e. The van der Waals surface area contributed by atoms with Crippen LogP contribution in [0.4, 0.5) is 0 Å². The van der Waals surface area contributed by atoms with E-state index in [1.54, 1.807) is 4.68 Å². The van der Waals surface area contributed by atoms with Crippen LogP contribution < -0.4 is 5.32 Å². The summed E-state index contributed by atoms with van der Waals surface area (Å²) in [5.74, 6) is 0. The van der Waals surface area contributed by atoms with Crippen molar-refractivity contribution in [1.82, 2.24) is 20.0 Å². The minimum atomic E-state index is 0.533. The third-order valence-electron chi connectivity index (χ3n) is 3.82. The summed E-state index contributed by atoms with van der Waals surface area (Å²) in [6, 6.07) is 1.11. The lowest BCUT2D eigenvalue weighted by Gasteiger charge is -2.28. The normalized spacial score (nSPS) is 26.3. The second-order valence-electron chi connectivity index (χ2n) is 5.40. The molecule has 18 heavy (non-hydrogen) atoms. The maximum absolute atomic E-state index is 6.32.